The lowest BCUT2D eigenvalue weighted by Gasteiger charge is -2.09. The molecule has 0 spiro atoms. The molecule has 6 nitrogen and oxygen atoms in total. The van der Waals surface area contributed by atoms with Gasteiger partial charge in [0.1, 0.15) is 5.84 Å². The number of methoxy groups -OCH3 is 1. The van der Waals surface area contributed by atoms with Crippen molar-refractivity contribution in [3.8, 4) is 0 Å². The first-order chi connectivity index (χ1) is 9.24. The van der Waals surface area contributed by atoms with E-state index in [4.69, 9.17) is 15.9 Å². The van der Waals surface area contributed by atoms with Gasteiger partial charge < -0.3 is 15.0 Å². The Morgan fingerprint density at radius 2 is 2.37 bits per heavy atom. The summed E-state index contributed by atoms with van der Waals surface area (Å²) in [5, 5.41) is 10.9. The van der Waals surface area contributed by atoms with Crippen LogP contribution in [0.5, 0.6) is 0 Å². The number of amidine groups is 1. The number of nitrogens with two attached hydrogens (primary N) is 1. The van der Waals surface area contributed by atoms with Gasteiger partial charge in [-0.25, -0.2) is 4.98 Å². The van der Waals surface area contributed by atoms with Crippen LogP contribution < -0.4 is 11.1 Å². The molecule has 1 heterocycles. The predicted molar refractivity (Wildman–Crippen MR) is 75.2 cm³/mol. The minimum absolute atomic E-state index is 0.0618. The maximum Gasteiger partial charge on any atom is 0.124 e. The van der Waals surface area contributed by atoms with Crippen LogP contribution in [-0.2, 0) is 11.4 Å². The Morgan fingerprint density at radius 3 is 3.11 bits per heavy atom. The summed E-state index contributed by atoms with van der Waals surface area (Å²) >= 11 is 0. The van der Waals surface area contributed by atoms with Gasteiger partial charge in [-0.2, -0.15) is 0 Å². The molecule has 6 heteroatoms. The summed E-state index contributed by atoms with van der Waals surface area (Å²) in [7, 11) is 1.70. The van der Waals surface area contributed by atoms with Crippen LogP contribution in [0.25, 0.3) is 11.0 Å². The largest absolute Gasteiger partial charge is 0.385 e. The van der Waals surface area contributed by atoms with E-state index in [-0.39, 0.29) is 5.84 Å². The lowest BCUT2D eigenvalue weighted by molar-refractivity contribution is 0.193. The fourth-order valence-electron chi connectivity index (χ4n) is 2.01. The second-order valence-corrected chi connectivity index (χ2v) is 4.31. The molecule has 0 aliphatic rings. The third-order valence-corrected chi connectivity index (χ3v) is 2.91. The highest BCUT2D eigenvalue weighted by molar-refractivity contribution is 6.05. The number of nitrogen functional groups attached to an aromatic ring is 1. The molecule has 4 N–H and O–H groups in total. The first-order valence-electron chi connectivity index (χ1n) is 6.22. The summed E-state index contributed by atoms with van der Waals surface area (Å²) in [5.41, 5.74) is 8.07. The van der Waals surface area contributed by atoms with Crippen LogP contribution in [0.4, 0.5) is 0 Å². The summed E-state index contributed by atoms with van der Waals surface area (Å²) in [5.74, 6) is 0.0618. The Kier molecular flexibility index (Phi) is 4.48. The van der Waals surface area contributed by atoms with Crippen molar-refractivity contribution in [1.29, 1.82) is 5.41 Å². The van der Waals surface area contributed by atoms with Crippen LogP contribution in [0.3, 0.4) is 0 Å². The molecule has 0 atom stereocenters. The van der Waals surface area contributed by atoms with E-state index in [1.165, 1.54) is 0 Å². The van der Waals surface area contributed by atoms with Crippen LogP contribution in [-0.4, -0.2) is 35.6 Å². The number of ether oxygens (including phenoxy) is 1. The molecule has 2 aromatic rings. The number of benzene rings is 1. The summed E-state index contributed by atoms with van der Waals surface area (Å²) in [6.45, 7) is 2.26. The van der Waals surface area contributed by atoms with E-state index in [9.17, 15) is 0 Å². The SMILES string of the molecule is COCCCNCn1cnc2cccc(C(=N)N)c21. The number of imidazole rings is 1. The molecule has 0 fully saturated rings. The second kappa shape index (κ2) is 6.31. The lowest BCUT2D eigenvalue weighted by Crippen LogP contribution is -2.21. The fourth-order valence-corrected chi connectivity index (χ4v) is 2.01. The molecule has 0 saturated heterocycles. The summed E-state index contributed by atoms with van der Waals surface area (Å²) in [6, 6.07) is 5.62. The number of nitrogens with zero attached hydrogens (tertiary/aromatic N) is 2. The van der Waals surface area contributed by atoms with Crippen molar-refractivity contribution in [3.05, 3.63) is 30.1 Å². The van der Waals surface area contributed by atoms with Gasteiger partial charge >= 0.3 is 0 Å². The van der Waals surface area contributed by atoms with Gasteiger partial charge in [-0.3, -0.25) is 10.7 Å². The molecule has 0 amide bonds. The zero-order chi connectivity index (χ0) is 13.7. The topological polar surface area (TPSA) is 89.0 Å². The molecule has 102 valence electrons. The zero-order valence-electron chi connectivity index (χ0n) is 11.0. The van der Waals surface area contributed by atoms with Crippen LogP contribution in [0.15, 0.2) is 24.5 Å². The number of para-hydroxylation sites is 1. The quantitative estimate of drug-likeness (QED) is 0.392. The molecule has 0 bridgehead atoms. The van der Waals surface area contributed by atoms with Crippen LogP contribution in [0, 0.1) is 5.41 Å². The van der Waals surface area contributed by atoms with Crippen molar-refractivity contribution >= 4 is 16.9 Å². The van der Waals surface area contributed by atoms with E-state index >= 15 is 0 Å². The maximum absolute atomic E-state index is 7.62. The summed E-state index contributed by atoms with van der Waals surface area (Å²) in [4.78, 5) is 4.32. The molecule has 19 heavy (non-hydrogen) atoms. The lowest BCUT2D eigenvalue weighted by atomic mass is 10.1. The van der Waals surface area contributed by atoms with Crippen LogP contribution >= 0.6 is 0 Å². The van der Waals surface area contributed by atoms with Gasteiger partial charge in [-0.05, 0) is 25.1 Å². The highest BCUT2D eigenvalue weighted by Crippen LogP contribution is 2.17. The molecule has 0 saturated carbocycles. The molecule has 2 rings (SSSR count). The van der Waals surface area contributed by atoms with E-state index in [1.807, 2.05) is 22.8 Å². The Labute approximate surface area is 112 Å². The van der Waals surface area contributed by atoms with Gasteiger partial charge in [-0.15, -0.1) is 0 Å². The number of fused-ring (bicyclic) bond motifs is 1. The van der Waals surface area contributed by atoms with Gasteiger partial charge in [0.2, 0.25) is 0 Å². The number of nitrogens with one attached hydrogen (secondary N) is 2. The minimum Gasteiger partial charge on any atom is -0.385 e. The predicted octanol–water partition coefficient (Wildman–Crippen LogP) is 0.904. The average molecular weight is 261 g/mol. The van der Waals surface area contributed by atoms with Gasteiger partial charge in [0.15, 0.2) is 0 Å². The number of rotatable bonds is 7. The van der Waals surface area contributed by atoms with Gasteiger partial charge in [0.25, 0.3) is 0 Å². The number of hydrogen-bond donors (Lipinski definition) is 3. The smallest absolute Gasteiger partial charge is 0.124 e. The van der Waals surface area contributed by atoms with Gasteiger partial charge in [0.05, 0.1) is 24.0 Å². The van der Waals surface area contributed by atoms with Crippen LogP contribution in [0.2, 0.25) is 0 Å². The van der Waals surface area contributed by atoms with Gasteiger partial charge in [-0.1, -0.05) is 6.07 Å². The van der Waals surface area contributed by atoms with E-state index < -0.39 is 0 Å². The van der Waals surface area contributed by atoms with E-state index in [2.05, 4.69) is 10.3 Å². The molecule has 0 unspecified atom stereocenters. The summed E-state index contributed by atoms with van der Waals surface area (Å²) in [6.07, 6.45) is 2.73. The van der Waals surface area contributed by atoms with Crippen molar-refractivity contribution in [2.24, 2.45) is 5.73 Å². The Balaban J connectivity index is 2.12. The molecule has 0 radical (unpaired) electrons. The monoisotopic (exact) mass is 261 g/mol. The fraction of sp³-hybridized carbons (Fsp3) is 0.385. The van der Waals surface area contributed by atoms with Crippen molar-refractivity contribution in [2.45, 2.75) is 13.1 Å². The van der Waals surface area contributed by atoms with Crippen LogP contribution in [0.1, 0.15) is 12.0 Å². The molecule has 0 aliphatic heterocycles. The Bertz CT molecular complexity index is 563. The molecule has 1 aromatic heterocycles. The van der Waals surface area contributed by atoms with Crippen molar-refractivity contribution < 1.29 is 4.74 Å². The van der Waals surface area contributed by atoms with E-state index in [0.29, 0.717) is 12.2 Å². The highest BCUT2D eigenvalue weighted by atomic mass is 16.5. The Hall–Kier alpha value is -1.92. The van der Waals surface area contributed by atoms with Crippen molar-refractivity contribution in [3.63, 3.8) is 0 Å². The third kappa shape index (κ3) is 3.10. The third-order valence-electron chi connectivity index (χ3n) is 2.91. The number of aromatic nitrogens is 2. The van der Waals surface area contributed by atoms with Crippen molar-refractivity contribution in [1.82, 2.24) is 14.9 Å². The standard InChI is InChI=1S/C13H19N5O/c1-19-7-3-6-16-8-18-9-17-11-5-2-4-10(12(11)18)13(14)15/h2,4-5,9,16H,3,6-8H2,1H3,(H3,14,15). The van der Waals surface area contributed by atoms with E-state index in [1.54, 1.807) is 13.4 Å². The van der Waals surface area contributed by atoms with Crippen molar-refractivity contribution in [2.75, 3.05) is 20.3 Å². The highest BCUT2D eigenvalue weighted by Gasteiger charge is 2.09. The number of hydrogen-bond acceptors (Lipinski definition) is 4. The molecular formula is C13H19N5O. The average Bonchev–Trinajstić information content (AvgIpc) is 2.81. The second-order valence-electron chi connectivity index (χ2n) is 4.31. The molecule has 1 aromatic carbocycles. The minimum atomic E-state index is 0.0618. The maximum atomic E-state index is 7.62. The first-order valence-corrected chi connectivity index (χ1v) is 6.22. The molecular weight excluding hydrogens is 242 g/mol. The normalized spacial score (nSPS) is 11.0. The van der Waals surface area contributed by atoms with Gasteiger partial charge in [0, 0.05) is 19.3 Å². The summed E-state index contributed by atoms with van der Waals surface area (Å²) < 4.78 is 6.97. The molecule has 0 aliphatic carbocycles. The zero-order valence-corrected chi connectivity index (χ0v) is 11.0. The first kappa shape index (κ1) is 13.5. The Morgan fingerprint density at radius 1 is 1.53 bits per heavy atom. The van der Waals surface area contributed by atoms with E-state index in [0.717, 1.165) is 30.6 Å².